The molecule has 0 heteroatoms. The lowest BCUT2D eigenvalue weighted by Crippen LogP contribution is -1.82. The van der Waals surface area contributed by atoms with Crippen LogP contribution < -0.4 is 0 Å². The minimum atomic E-state index is 1.05. The van der Waals surface area contributed by atoms with Gasteiger partial charge >= 0.3 is 0 Å². The third-order valence-electron chi connectivity index (χ3n) is 2.67. The molecule has 0 atom stereocenters. The Labute approximate surface area is 97.3 Å². The molecule has 0 aliphatic heterocycles. The summed E-state index contributed by atoms with van der Waals surface area (Å²) < 4.78 is 0. The molecule has 0 spiro atoms. The van der Waals surface area contributed by atoms with E-state index < -0.39 is 0 Å². The van der Waals surface area contributed by atoms with Crippen molar-refractivity contribution in [3.8, 4) is 0 Å². The zero-order chi connectivity index (χ0) is 11.2. The van der Waals surface area contributed by atoms with E-state index in [1.165, 1.54) is 16.7 Å². The van der Waals surface area contributed by atoms with Crippen LogP contribution in [0.5, 0.6) is 0 Å². The molecule has 0 saturated heterocycles. The highest BCUT2D eigenvalue weighted by atomic mass is 14.0. The van der Waals surface area contributed by atoms with Crippen LogP contribution in [0.3, 0.4) is 0 Å². The Balaban J connectivity index is 2.34. The number of benzene rings is 2. The predicted molar refractivity (Wildman–Crippen MR) is 71.0 cm³/mol. The van der Waals surface area contributed by atoms with Crippen LogP contribution in [0.2, 0.25) is 0 Å². The van der Waals surface area contributed by atoms with Crippen molar-refractivity contribution in [3.63, 3.8) is 0 Å². The van der Waals surface area contributed by atoms with E-state index in [-0.39, 0.29) is 0 Å². The average molecular weight is 208 g/mol. The highest BCUT2D eigenvalue weighted by Crippen LogP contribution is 2.20. The molecule has 16 heavy (non-hydrogen) atoms. The van der Waals surface area contributed by atoms with Gasteiger partial charge in [0.15, 0.2) is 0 Å². The first-order valence-electron chi connectivity index (χ1n) is 5.71. The van der Waals surface area contributed by atoms with Crippen LogP contribution in [0, 0.1) is 0 Å². The lowest BCUT2D eigenvalue weighted by atomic mass is 10.0. The fourth-order valence-electron chi connectivity index (χ4n) is 1.79. The summed E-state index contributed by atoms with van der Waals surface area (Å²) in [5.74, 6) is 0. The maximum absolute atomic E-state index is 2.26. The second-order valence-corrected chi connectivity index (χ2v) is 3.80. The predicted octanol–water partition coefficient (Wildman–Crippen LogP) is 4.64. The maximum atomic E-state index is 2.26. The molecule has 2 rings (SSSR count). The van der Waals surface area contributed by atoms with E-state index in [9.17, 15) is 0 Å². The first-order valence-corrected chi connectivity index (χ1v) is 5.71. The minimum absolute atomic E-state index is 1.05. The van der Waals surface area contributed by atoms with Gasteiger partial charge in [0.05, 0.1) is 0 Å². The smallest absolute Gasteiger partial charge is 0.0224 e. The van der Waals surface area contributed by atoms with Crippen LogP contribution in [0.4, 0.5) is 0 Å². The number of rotatable bonds is 3. The third kappa shape index (κ3) is 2.60. The largest absolute Gasteiger partial charge is 0.0622 e. The molecule has 0 nitrogen and oxygen atoms in total. The van der Waals surface area contributed by atoms with Crippen molar-refractivity contribution in [2.24, 2.45) is 0 Å². The van der Waals surface area contributed by atoms with Gasteiger partial charge in [-0.2, -0.15) is 0 Å². The van der Waals surface area contributed by atoms with Crippen LogP contribution in [0.25, 0.3) is 11.6 Å². The fraction of sp³-hybridized carbons (Fsp3) is 0.125. The molecule has 0 heterocycles. The van der Waals surface area contributed by atoms with Gasteiger partial charge in [-0.05, 0) is 23.1 Å². The molecule has 80 valence electrons. The molecule has 0 aliphatic carbocycles. The van der Waals surface area contributed by atoms with Gasteiger partial charge in [0, 0.05) is 0 Å². The van der Waals surface area contributed by atoms with Gasteiger partial charge in [-0.1, -0.05) is 73.7 Å². The average Bonchev–Trinajstić information content (AvgIpc) is 2.38. The summed E-state index contributed by atoms with van der Waals surface area (Å²) in [7, 11) is 0. The lowest BCUT2D eigenvalue weighted by Gasteiger charge is -2.04. The summed E-state index contributed by atoms with van der Waals surface area (Å²) in [4.78, 5) is 0. The van der Waals surface area contributed by atoms with Gasteiger partial charge in [0.25, 0.3) is 0 Å². The monoisotopic (exact) mass is 208 g/mol. The van der Waals surface area contributed by atoms with E-state index in [0.29, 0.717) is 0 Å². The molecular weight excluding hydrogens is 192 g/mol. The van der Waals surface area contributed by atoms with Gasteiger partial charge in [0.1, 0.15) is 0 Å². The number of hydrogen-bond donors (Lipinski definition) is 0. The Hall–Kier alpha value is -1.82. The van der Waals surface area contributed by atoms with Crippen molar-refractivity contribution in [2.45, 2.75) is 13.3 Å². The molecule has 0 aliphatic rings. The molecule has 2 aromatic rings. The minimum Gasteiger partial charge on any atom is -0.0622 e. The van der Waals surface area contributed by atoms with Gasteiger partial charge in [-0.25, -0.2) is 0 Å². The second kappa shape index (κ2) is 5.32. The zero-order valence-corrected chi connectivity index (χ0v) is 9.56. The summed E-state index contributed by atoms with van der Waals surface area (Å²) in [6, 6.07) is 21.0. The molecule has 0 N–H and O–H groups in total. The van der Waals surface area contributed by atoms with E-state index >= 15 is 0 Å². The Kier molecular flexibility index (Phi) is 3.55. The molecule has 0 unspecified atom stereocenters. The Bertz CT molecular complexity index is 452. The Morgan fingerprint density at radius 3 is 2.00 bits per heavy atom. The maximum Gasteiger partial charge on any atom is -0.0224 e. The fourth-order valence-corrected chi connectivity index (χ4v) is 1.79. The lowest BCUT2D eigenvalue weighted by molar-refractivity contribution is 1.25. The van der Waals surface area contributed by atoms with Crippen molar-refractivity contribution < 1.29 is 0 Å². The molecule has 0 bridgehead atoms. The molecular formula is C16H16. The quantitative estimate of drug-likeness (QED) is 0.645. The molecule has 0 fully saturated rings. The van der Waals surface area contributed by atoms with Gasteiger partial charge in [-0.15, -0.1) is 0 Å². The SMILES string of the molecule is CCC(=Cc1ccccc1)c1ccccc1. The van der Waals surface area contributed by atoms with Crippen LogP contribution in [0.1, 0.15) is 24.5 Å². The molecule has 2 aromatic carbocycles. The molecule has 0 aromatic heterocycles. The summed E-state index contributed by atoms with van der Waals surface area (Å²) in [5.41, 5.74) is 3.96. The van der Waals surface area contributed by atoms with E-state index in [0.717, 1.165) is 6.42 Å². The van der Waals surface area contributed by atoms with Gasteiger partial charge < -0.3 is 0 Å². The number of hydrogen-bond acceptors (Lipinski definition) is 0. The van der Waals surface area contributed by atoms with E-state index in [4.69, 9.17) is 0 Å². The highest BCUT2D eigenvalue weighted by Gasteiger charge is 1.97. The Morgan fingerprint density at radius 2 is 1.44 bits per heavy atom. The summed E-state index contributed by atoms with van der Waals surface area (Å²) >= 11 is 0. The van der Waals surface area contributed by atoms with Crippen LogP contribution in [-0.4, -0.2) is 0 Å². The molecule has 0 amide bonds. The summed E-state index contributed by atoms with van der Waals surface area (Å²) in [6.07, 6.45) is 3.31. The Morgan fingerprint density at radius 1 is 0.875 bits per heavy atom. The highest BCUT2D eigenvalue weighted by molar-refractivity contribution is 5.81. The van der Waals surface area contributed by atoms with Crippen molar-refractivity contribution in [2.75, 3.05) is 0 Å². The first kappa shape index (κ1) is 10.7. The van der Waals surface area contributed by atoms with E-state index in [1.54, 1.807) is 0 Å². The summed E-state index contributed by atoms with van der Waals surface area (Å²) in [6.45, 7) is 2.20. The van der Waals surface area contributed by atoms with E-state index in [2.05, 4.69) is 67.6 Å². The topological polar surface area (TPSA) is 0 Å². The standard InChI is InChI=1S/C16H16/c1-2-15(16-11-7-4-8-12-16)13-14-9-5-3-6-10-14/h3-13H,2H2,1H3. The number of allylic oxidation sites excluding steroid dienone is 1. The molecule has 0 saturated carbocycles. The van der Waals surface area contributed by atoms with Crippen LogP contribution in [-0.2, 0) is 0 Å². The van der Waals surface area contributed by atoms with Crippen LogP contribution in [0.15, 0.2) is 60.7 Å². The summed E-state index contributed by atoms with van der Waals surface area (Å²) in [5, 5.41) is 0. The molecule has 0 radical (unpaired) electrons. The third-order valence-corrected chi connectivity index (χ3v) is 2.67. The van der Waals surface area contributed by atoms with E-state index in [1.807, 2.05) is 6.07 Å². The second-order valence-electron chi connectivity index (χ2n) is 3.80. The van der Waals surface area contributed by atoms with Crippen molar-refractivity contribution in [1.29, 1.82) is 0 Å². The van der Waals surface area contributed by atoms with Gasteiger partial charge in [-0.3, -0.25) is 0 Å². The van der Waals surface area contributed by atoms with Crippen molar-refractivity contribution in [1.82, 2.24) is 0 Å². The first-order chi connectivity index (χ1) is 7.90. The normalized spacial score (nSPS) is 11.4. The van der Waals surface area contributed by atoms with Gasteiger partial charge in [0.2, 0.25) is 0 Å². The van der Waals surface area contributed by atoms with Crippen molar-refractivity contribution in [3.05, 3.63) is 71.8 Å². The van der Waals surface area contributed by atoms with Crippen molar-refractivity contribution >= 4 is 11.6 Å². The zero-order valence-electron chi connectivity index (χ0n) is 9.56. The van der Waals surface area contributed by atoms with Crippen LogP contribution >= 0.6 is 0 Å².